The summed E-state index contributed by atoms with van der Waals surface area (Å²) >= 11 is 1.64. The Bertz CT molecular complexity index is 1970. The van der Waals surface area contributed by atoms with Crippen molar-refractivity contribution in [3.05, 3.63) is 104 Å². The number of nitrogens with zero attached hydrogens (tertiary/aromatic N) is 2. The Kier molecular flexibility index (Phi) is 8.44. The molecule has 0 aliphatic carbocycles. The highest BCUT2D eigenvalue weighted by atomic mass is 32.2. The third kappa shape index (κ3) is 5.91. The molecule has 6 rings (SSSR count). The van der Waals surface area contributed by atoms with Crippen LogP contribution >= 0.6 is 23.1 Å². The number of thiazole rings is 1. The molecule has 2 unspecified atom stereocenters. The fourth-order valence-electron chi connectivity index (χ4n) is 5.66. The number of phenolic OH excluding ortho intramolecular Hbond substituents is 1. The van der Waals surface area contributed by atoms with Gasteiger partial charge in [-0.3, -0.25) is 23.7 Å². The number of phenols is 1. The smallest absolute Gasteiger partial charge is 0.416 e. The molecule has 2 aliphatic rings. The van der Waals surface area contributed by atoms with Gasteiger partial charge in [0.1, 0.15) is 17.5 Å². The number of anilines is 2. The maximum absolute atomic E-state index is 13.9. The van der Waals surface area contributed by atoms with Crippen LogP contribution in [-0.2, 0) is 31.8 Å². The van der Waals surface area contributed by atoms with Gasteiger partial charge >= 0.3 is 17.0 Å². The average Bonchev–Trinajstić information content (AvgIpc) is 3.47. The number of imide groups is 1. The van der Waals surface area contributed by atoms with Crippen LogP contribution in [0.4, 0.5) is 24.5 Å². The van der Waals surface area contributed by atoms with Crippen LogP contribution in [0.25, 0.3) is 0 Å². The zero-order chi connectivity index (χ0) is 33.6. The van der Waals surface area contributed by atoms with E-state index in [2.05, 4.69) is 5.32 Å². The first-order chi connectivity index (χ1) is 22.4. The van der Waals surface area contributed by atoms with E-state index >= 15 is 0 Å². The van der Waals surface area contributed by atoms with Gasteiger partial charge in [-0.1, -0.05) is 47.4 Å². The number of carbonyl (C=O) groups excluding carboxylic acids is 4. The summed E-state index contributed by atoms with van der Waals surface area (Å²) in [6, 6.07) is 15.9. The van der Waals surface area contributed by atoms with Crippen LogP contribution in [0.15, 0.2) is 82.6 Å². The SMILES string of the molecule is CCOC(=O)c1ccc(NC(=O)Cn2c3c(sc2=O)[C@@H](c2ccccc2O)C2C(=O)N(c4cccc(C(F)(F)F)c4)C(=O)C2S3)cc1. The molecule has 242 valence electrons. The zero-order valence-electron chi connectivity index (χ0n) is 24.3. The number of fused-ring (bicyclic) bond motifs is 2. The predicted octanol–water partition coefficient (Wildman–Crippen LogP) is 5.25. The van der Waals surface area contributed by atoms with E-state index in [0.29, 0.717) is 10.6 Å². The summed E-state index contributed by atoms with van der Waals surface area (Å²) in [5.41, 5.74) is -0.423. The van der Waals surface area contributed by atoms with Crippen LogP contribution in [0, 0.1) is 5.92 Å². The van der Waals surface area contributed by atoms with Gasteiger partial charge in [-0.25, -0.2) is 9.69 Å². The third-order valence-corrected chi connectivity index (χ3v) is 10.3. The van der Waals surface area contributed by atoms with Crippen molar-refractivity contribution in [3.63, 3.8) is 0 Å². The fraction of sp³-hybridized carbons (Fsp3) is 0.219. The topological polar surface area (TPSA) is 135 Å². The molecule has 3 amide bonds. The first kappa shape index (κ1) is 32.1. The summed E-state index contributed by atoms with van der Waals surface area (Å²) in [4.78, 5) is 66.6. The number of hydrogen-bond acceptors (Lipinski definition) is 9. The van der Waals surface area contributed by atoms with Gasteiger partial charge in [0, 0.05) is 22.0 Å². The molecule has 2 N–H and O–H groups in total. The van der Waals surface area contributed by atoms with Crippen molar-refractivity contribution >= 4 is 58.2 Å². The first-order valence-electron chi connectivity index (χ1n) is 14.2. The number of para-hydroxylation sites is 1. The van der Waals surface area contributed by atoms with Gasteiger partial charge in [-0.05, 0) is 55.5 Å². The molecule has 2 aliphatic heterocycles. The number of amides is 3. The van der Waals surface area contributed by atoms with Gasteiger partial charge in [-0.15, -0.1) is 0 Å². The van der Waals surface area contributed by atoms with Crippen molar-refractivity contribution in [2.24, 2.45) is 5.92 Å². The van der Waals surface area contributed by atoms with E-state index in [1.54, 1.807) is 25.1 Å². The predicted molar refractivity (Wildman–Crippen MR) is 167 cm³/mol. The Balaban J connectivity index is 1.35. The third-order valence-electron chi connectivity index (χ3n) is 7.73. The molecule has 1 fully saturated rings. The minimum absolute atomic E-state index is 0.199. The molecule has 1 saturated heterocycles. The zero-order valence-corrected chi connectivity index (χ0v) is 25.9. The van der Waals surface area contributed by atoms with Crippen molar-refractivity contribution in [3.8, 4) is 5.75 Å². The molecule has 1 aromatic heterocycles. The van der Waals surface area contributed by atoms with Gasteiger partial charge in [0.2, 0.25) is 17.7 Å². The quantitative estimate of drug-likeness (QED) is 0.200. The van der Waals surface area contributed by atoms with Crippen LogP contribution in [-0.4, -0.2) is 45.2 Å². The molecule has 0 spiro atoms. The Morgan fingerprint density at radius 1 is 0.979 bits per heavy atom. The van der Waals surface area contributed by atoms with E-state index in [1.165, 1.54) is 41.0 Å². The lowest BCUT2D eigenvalue weighted by molar-refractivity contribution is -0.137. The van der Waals surface area contributed by atoms with Crippen molar-refractivity contribution in [1.82, 2.24) is 4.57 Å². The maximum Gasteiger partial charge on any atom is 0.416 e. The number of alkyl halides is 3. The maximum atomic E-state index is 13.9. The van der Waals surface area contributed by atoms with Gasteiger partial charge < -0.3 is 15.2 Å². The Morgan fingerprint density at radius 3 is 2.38 bits per heavy atom. The molecule has 3 aromatic carbocycles. The molecule has 10 nitrogen and oxygen atoms in total. The Labute approximate surface area is 272 Å². The van der Waals surface area contributed by atoms with Crippen LogP contribution in [0.3, 0.4) is 0 Å². The first-order valence-corrected chi connectivity index (χ1v) is 15.9. The number of rotatable bonds is 7. The number of aromatic nitrogens is 1. The number of benzene rings is 3. The second kappa shape index (κ2) is 12.4. The number of esters is 1. The Hall–Kier alpha value is -4.89. The molecule has 4 aromatic rings. The summed E-state index contributed by atoms with van der Waals surface area (Å²) in [5.74, 6) is -5.07. The van der Waals surface area contributed by atoms with Crippen LogP contribution < -0.4 is 15.1 Å². The molecule has 0 bridgehead atoms. The number of aromatic hydroxyl groups is 1. The van der Waals surface area contributed by atoms with Gasteiger partial charge in [-0.2, -0.15) is 13.2 Å². The highest BCUT2D eigenvalue weighted by Crippen LogP contribution is 2.55. The number of halogens is 3. The summed E-state index contributed by atoms with van der Waals surface area (Å²) in [6.07, 6.45) is -4.72. The molecular weight excluding hydrogens is 659 g/mol. The van der Waals surface area contributed by atoms with E-state index in [0.717, 1.165) is 46.2 Å². The molecular formula is C32H24F3N3O7S2. The van der Waals surface area contributed by atoms with E-state index in [-0.39, 0.29) is 34.2 Å². The Morgan fingerprint density at radius 2 is 1.70 bits per heavy atom. The lowest BCUT2D eigenvalue weighted by atomic mass is 9.82. The van der Waals surface area contributed by atoms with Crippen LogP contribution in [0.2, 0.25) is 0 Å². The lowest BCUT2D eigenvalue weighted by Gasteiger charge is -2.31. The molecule has 0 radical (unpaired) electrons. The highest BCUT2D eigenvalue weighted by Gasteiger charge is 2.57. The van der Waals surface area contributed by atoms with E-state index in [4.69, 9.17) is 4.74 Å². The highest BCUT2D eigenvalue weighted by molar-refractivity contribution is 8.00. The number of ether oxygens (including phenoxy) is 1. The van der Waals surface area contributed by atoms with Crippen molar-refractivity contribution in [1.29, 1.82) is 0 Å². The van der Waals surface area contributed by atoms with E-state index < -0.39 is 63.9 Å². The fourth-order valence-corrected chi connectivity index (χ4v) is 8.43. The normalized spacial score (nSPS) is 18.9. The summed E-state index contributed by atoms with van der Waals surface area (Å²) in [6.45, 7) is 1.40. The van der Waals surface area contributed by atoms with Crippen molar-refractivity contribution < 1.29 is 42.2 Å². The van der Waals surface area contributed by atoms with Crippen LogP contribution in [0.1, 0.15) is 39.2 Å². The monoisotopic (exact) mass is 683 g/mol. The molecule has 3 atom stereocenters. The number of hydrogen-bond donors (Lipinski definition) is 2. The summed E-state index contributed by atoms with van der Waals surface area (Å²) in [7, 11) is 0. The molecule has 15 heteroatoms. The number of nitrogens with one attached hydrogen (secondary N) is 1. The van der Waals surface area contributed by atoms with Gasteiger partial charge in [0.25, 0.3) is 0 Å². The average molecular weight is 684 g/mol. The lowest BCUT2D eigenvalue weighted by Crippen LogP contribution is -2.33. The largest absolute Gasteiger partial charge is 0.508 e. The molecule has 0 saturated carbocycles. The van der Waals surface area contributed by atoms with Crippen LogP contribution in [0.5, 0.6) is 5.75 Å². The molecule has 47 heavy (non-hydrogen) atoms. The molecule has 3 heterocycles. The van der Waals surface area contributed by atoms with Gasteiger partial charge in [0.05, 0.1) is 34.4 Å². The second-order valence-corrected chi connectivity index (χ2v) is 12.8. The number of thioether (sulfide) groups is 1. The van der Waals surface area contributed by atoms with E-state index in [9.17, 15) is 42.3 Å². The standard InChI is InChI=1S/C32H24F3N3O7S2/c1-2-45-30(43)16-10-12-18(13-11-16)36-22(40)15-37-29-26(47-31(37)44)23(20-8-3-4-9-21(20)39)24-25(46-29)28(42)38(27(24)41)19-7-5-6-17(14-19)32(33,34)35/h3-14,23-25,39H,2,15H2,1H3,(H,36,40)/t23-,24?,25?/m0/s1. The van der Waals surface area contributed by atoms with Gasteiger partial charge in [0.15, 0.2) is 0 Å². The van der Waals surface area contributed by atoms with E-state index in [1.807, 2.05) is 0 Å². The summed E-state index contributed by atoms with van der Waals surface area (Å²) in [5, 5.41) is 12.5. The van der Waals surface area contributed by atoms with Crippen molar-refractivity contribution in [2.75, 3.05) is 16.8 Å². The van der Waals surface area contributed by atoms with Crippen molar-refractivity contribution in [2.45, 2.75) is 35.8 Å². The summed E-state index contributed by atoms with van der Waals surface area (Å²) < 4.78 is 46.7. The number of carbonyl (C=O) groups is 4. The second-order valence-electron chi connectivity index (χ2n) is 10.6. The minimum Gasteiger partial charge on any atom is -0.508 e. The minimum atomic E-state index is -4.72.